The van der Waals surface area contributed by atoms with Crippen molar-refractivity contribution in [2.75, 3.05) is 37.5 Å². The van der Waals surface area contributed by atoms with Crippen LogP contribution >= 0.6 is 12.2 Å². The average molecular weight is 309 g/mol. The lowest BCUT2D eigenvalue weighted by Gasteiger charge is -2.30. The number of rotatable bonds is 5. The van der Waals surface area contributed by atoms with Gasteiger partial charge < -0.3 is 19.8 Å². The van der Waals surface area contributed by atoms with E-state index in [1.807, 2.05) is 67.0 Å². The number of carboxylic acid groups (broad SMARTS) is 1. The predicted molar refractivity (Wildman–Crippen MR) is 91.2 cm³/mol. The van der Waals surface area contributed by atoms with Gasteiger partial charge in [0.1, 0.15) is 6.04 Å². The van der Waals surface area contributed by atoms with E-state index in [4.69, 9.17) is 12.2 Å². The van der Waals surface area contributed by atoms with E-state index in [9.17, 15) is 9.90 Å². The van der Waals surface area contributed by atoms with Crippen LogP contribution in [0, 0.1) is 0 Å². The summed E-state index contributed by atoms with van der Waals surface area (Å²) in [5, 5.41) is 9.90. The molecule has 1 aromatic carbocycles. The van der Waals surface area contributed by atoms with Gasteiger partial charge in [-0.2, -0.15) is 0 Å². The molecular weight excluding hydrogens is 286 g/mol. The van der Waals surface area contributed by atoms with Crippen LogP contribution in [-0.4, -0.2) is 54.8 Å². The molecule has 0 bridgehead atoms. The number of carbonyl (C=O) groups is 1. The van der Waals surface area contributed by atoms with E-state index in [0.717, 1.165) is 11.4 Å². The molecule has 0 fully saturated rings. The highest BCUT2D eigenvalue weighted by Crippen LogP contribution is 2.24. The highest BCUT2D eigenvalue weighted by Gasteiger charge is 2.20. The van der Waals surface area contributed by atoms with Crippen molar-refractivity contribution >= 4 is 34.7 Å². The number of nitrogens with zero attached hydrogens (tertiary/aromatic N) is 3. The monoisotopic (exact) mass is 309 g/mol. The highest BCUT2D eigenvalue weighted by atomic mass is 32.1. The van der Waals surface area contributed by atoms with Crippen LogP contribution in [0.5, 0.6) is 0 Å². The fourth-order valence-electron chi connectivity index (χ4n) is 2.10. The Balaban J connectivity index is 3.09. The van der Waals surface area contributed by atoms with Crippen LogP contribution in [0.3, 0.4) is 0 Å². The lowest BCUT2D eigenvalue weighted by molar-refractivity contribution is -0.138. The topological polar surface area (TPSA) is 47.0 Å². The molecule has 0 heterocycles. The summed E-state index contributed by atoms with van der Waals surface area (Å²) in [6.45, 7) is 4.26. The normalized spacial score (nSPS) is 11.7. The maximum atomic E-state index is 11.2. The minimum atomic E-state index is -0.834. The van der Waals surface area contributed by atoms with E-state index in [-0.39, 0.29) is 0 Å². The van der Waals surface area contributed by atoms with E-state index in [0.29, 0.717) is 11.7 Å². The maximum Gasteiger partial charge on any atom is 0.326 e. The number of aliphatic carboxylic acids is 1. The molecule has 1 aromatic rings. The van der Waals surface area contributed by atoms with Gasteiger partial charge in [0.15, 0.2) is 5.11 Å². The van der Waals surface area contributed by atoms with Crippen LogP contribution in [0.15, 0.2) is 24.3 Å². The Labute approximate surface area is 131 Å². The van der Waals surface area contributed by atoms with Gasteiger partial charge in [0.05, 0.1) is 0 Å². The van der Waals surface area contributed by atoms with Gasteiger partial charge in [-0.25, -0.2) is 4.79 Å². The Morgan fingerprint density at radius 3 is 2.33 bits per heavy atom. The van der Waals surface area contributed by atoms with E-state index in [2.05, 4.69) is 0 Å². The van der Waals surface area contributed by atoms with Gasteiger partial charge in [0.2, 0.25) is 0 Å². The number of likely N-dealkylation sites (N-methyl/N-ethyl adjacent to an activating group) is 1. The molecule has 116 valence electrons. The Bertz CT molecular complexity index is 519. The predicted octanol–water partition coefficient (Wildman–Crippen LogP) is 2.27. The van der Waals surface area contributed by atoms with Crippen molar-refractivity contribution in [2.45, 2.75) is 19.9 Å². The molecule has 21 heavy (non-hydrogen) atoms. The van der Waals surface area contributed by atoms with Crippen LogP contribution in [0.1, 0.15) is 13.8 Å². The first-order chi connectivity index (χ1) is 9.79. The molecule has 0 amide bonds. The summed E-state index contributed by atoms with van der Waals surface area (Å²) in [5.41, 5.74) is 1.81. The molecule has 0 aliphatic rings. The molecule has 0 saturated carbocycles. The molecule has 6 heteroatoms. The molecule has 0 aliphatic carbocycles. The van der Waals surface area contributed by atoms with E-state index in [1.165, 1.54) is 0 Å². The second-order valence-electron chi connectivity index (χ2n) is 5.06. The van der Waals surface area contributed by atoms with Crippen molar-refractivity contribution < 1.29 is 9.90 Å². The van der Waals surface area contributed by atoms with Gasteiger partial charge in [-0.3, -0.25) is 0 Å². The zero-order valence-electron chi connectivity index (χ0n) is 13.2. The van der Waals surface area contributed by atoms with Crippen molar-refractivity contribution in [1.29, 1.82) is 0 Å². The zero-order chi connectivity index (χ0) is 16.2. The first kappa shape index (κ1) is 17.2. The zero-order valence-corrected chi connectivity index (χ0v) is 14.0. The molecule has 1 rings (SSSR count). The molecule has 0 radical (unpaired) electrons. The largest absolute Gasteiger partial charge is 0.480 e. The molecule has 0 spiro atoms. The van der Waals surface area contributed by atoms with Gasteiger partial charge in [-0.05, 0) is 44.3 Å². The van der Waals surface area contributed by atoms with E-state index in [1.54, 1.807) is 6.92 Å². The Morgan fingerprint density at radius 1 is 1.29 bits per heavy atom. The Kier molecular flexibility index (Phi) is 5.96. The van der Waals surface area contributed by atoms with Gasteiger partial charge in [0, 0.05) is 39.1 Å². The Morgan fingerprint density at radius 2 is 1.86 bits per heavy atom. The SMILES string of the molecule is CCN(c1cccc(N(C)C(=S)N(C)C)c1)C(C)C(=O)O. The third kappa shape index (κ3) is 4.07. The second-order valence-corrected chi connectivity index (χ2v) is 5.42. The average Bonchev–Trinajstić information content (AvgIpc) is 2.46. The number of thiocarbonyl (C=S) groups is 1. The maximum absolute atomic E-state index is 11.2. The van der Waals surface area contributed by atoms with Crippen LogP contribution in [0.4, 0.5) is 11.4 Å². The smallest absolute Gasteiger partial charge is 0.326 e. The summed E-state index contributed by atoms with van der Waals surface area (Å²) in [5.74, 6) is -0.834. The fraction of sp³-hybridized carbons (Fsp3) is 0.467. The molecule has 1 N–H and O–H groups in total. The number of carboxylic acids is 1. The first-order valence-corrected chi connectivity index (χ1v) is 7.25. The molecule has 0 aliphatic heterocycles. The minimum Gasteiger partial charge on any atom is -0.480 e. The summed E-state index contributed by atoms with van der Waals surface area (Å²) in [6, 6.07) is 7.17. The number of anilines is 2. The summed E-state index contributed by atoms with van der Waals surface area (Å²) in [6.07, 6.45) is 0. The van der Waals surface area contributed by atoms with Crippen molar-refractivity contribution in [2.24, 2.45) is 0 Å². The van der Waals surface area contributed by atoms with Crippen molar-refractivity contribution in [1.82, 2.24) is 4.90 Å². The molecule has 1 atom stereocenters. The Hall–Kier alpha value is -1.82. The third-order valence-corrected chi connectivity index (χ3v) is 4.02. The molecule has 1 unspecified atom stereocenters. The quantitative estimate of drug-likeness (QED) is 0.842. The fourth-order valence-corrected chi connectivity index (χ4v) is 2.21. The lowest BCUT2D eigenvalue weighted by atomic mass is 10.2. The summed E-state index contributed by atoms with van der Waals surface area (Å²) < 4.78 is 0. The van der Waals surface area contributed by atoms with Gasteiger partial charge in [0.25, 0.3) is 0 Å². The first-order valence-electron chi connectivity index (χ1n) is 6.84. The van der Waals surface area contributed by atoms with Crippen molar-refractivity contribution in [3.05, 3.63) is 24.3 Å². The summed E-state index contributed by atoms with van der Waals surface area (Å²) >= 11 is 5.36. The molecule has 0 saturated heterocycles. The van der Waals surface area contributed by atoms with Gasteiger partial charge >= 0.3 is 5.97 Å². The molecule has 5 nitrogen and oxygen atoms in total. The van der Waals surface area contributed by atoms with E-state index < -0.39 is 12.0 Å². The molecular formula is C15H23N3O2S. The van der Waals surface area contributed by atoms with Gasteiger partial charge in [-0.1, -0.05) is 6.07 Å². The summed E-state index contributed by atoms with van der Waals surface area (Å²) in [4.78, 5) is 16.8. The number of hydrogen-bond donors (Lipinski definition) is 1. The highest BCUT2D eigenvalue weighted by molar-refractivity contribution is 7.80. The van der Waals surface area contributed by atoms with Crippen LogP contribution in [-0.2, 0) is 4.79 Å². The van der Waals surface area contributed by atoms with Gasteiger partial charge in [-0.15, -0.1) is 0 Å². The van der Waals surface area contributed by atoms with Crippen molar-refractivity contribution in [3.8, 4) is 0 Å². The van der Waals surface area contributed by atoms with Crippen LogP contribution in [0.2, 0.25) is 0 Å². The second kappa shape index (κ2) is 7.26. The minimum absolute atomic E-state index is 0.573. The lowest BCUT2D eigenvalue weighted by Crippen LogP contribution is -2.39. The molecule has 0 aromatic heterocycles. The number of hydrogen-bond acceptors (Lipinski definition) is 3. The number of benzene rings is 1. The van der Waals surface area contributed by atoms with Crippen LogP contribution in [0.25, 0.3) is 0 Å². The third-order valence-electron chi connectivity index (χ3n) is 3.38. The summed E-state index contributed by atoms with van der Waals surface area (Å²) in [7, 11) is 5.69. The van der Waals surface area contributed by atoms with Crippen molar-refractivity contribution in [3.63, 3.8) is 0 Å². The van der Waals surface area contributed by atoms with E-state index >= 15 is 0 Å². The standard InChI is InChI=1S/C15H23N3O2S/c1-6-18(11(2)14(19)20)13-9-7-8-12(10-13)17(5)15(21)16(3)4/h7-11H,6H2,1-5H3,(H,19,20). The van der Waals surface area contributed by atoms with Crippen LogP contribution < -0.4 is 9.80 Å².